The van der Waals surface area contributed by atoms with Crippen LogP contribution in [0.3, 0.4) is 0 Å². The van der Waals surface area contributed by atoms with Crippen LogP contribution in [0.15, 0.2) is 64.4 Å². The number of hydrogen-bond donors (Lipinski definition) is 1. The lowest BCUT2D eigenvalue weighted by Crippen LogP contribution is -2.11. The number of benzene rings is 2. The second-order valence-electron chi connectivity index (χ2n) is 6.97. The molecule has 4 rings (SSSR count). The fourth-order valence-corrected chi connectivity index (χ4v) is 4.97. The summed E-state index contributed by atoms with van der Waals surface area (Å²) in [5, 5.41) is 6.15. The van der Waals surface area contributed by atoms with Crippen LogP contribution < -0.4 is 5.32 Å². The van der Waals surface area contributed by atoms with Crippen molar-refractivity contribution in [2.45, 2.75) is 23.6 Å². The summed E-state index contributed by atoms with van der Waals surface area (Å²) in [6, 6.07) is 15.8. The molecule has 7 heteroatoms. The molecule has 2 aromatic heterocycles. The number of aryl methyl sites for hydroxylation is 1. The minimum absolute atomic E-state index is 0.108. The third-order valence-corrected chi connectivity index (χ3v) is 6.95. The predicted octanol–water partition coefficient (Wildman–Crippen LogP) is 5.60. The first-order chi connectivity index (χ1) is 14.6. The summed E-state index contributed by atoms with van der Waals surface area (Å²) in [6.07, 6.45) is 2.04. The second-order valence-corrected chi connectivity index (χ2v) is 9.05. The smallest absolute Gasteiger partial charge is 0.255 e. The molecule has 0 spiro atoms. The van der Waals surface area contributed by atoms with Gasteiger partial charge in [0.1, 0.15) is 4.34 Å². The summed E-state index contributed by atoms with van der Waals surface area (Å²) in [5.74, 6) is 0.730. The third kappa shape index (κ3) is 4.92. The standard InChI is InChI=1S/C23H23N3O2S2/c1-16-14-29-23(24-16)30-15-17-3-5-18(6-4-17)22(27)25-20-7-8-21-19(13-20)9-10-26(21)11-12-28-2/h3-10,13-14H,11-12,15H2,1-2H3,(H,25,27). The molecule has 0 unspecified atom stereocenters. The van der Waals surface area contributed by atoms with Crippen molar-refractivity contribution in [3.63, 3.8) is 0 Å². The van der Waals surface area contributed by atoms with Crippen molar-refractivity contribution in [2.24, 2.45) is 0 Å². The van der Waals surface area contributed by atoms with Crippen molar-refractivity contribution < 1.29 is 9.53 Å². The molecule has 1 N–H and O–H groups in total. The highest BCUT2D eigenvalue weighted by Crippen LogP contribution is 2.26. The van der Waals surface area contributed by atoms with Gasteiger partial charge in [0.25, 0.3) is 5.91 Å². The Balaban J connectivity index is 1.38. The Morgan fingerprint density at radius 1 is 1.20 bits per heavy atom. The number of ether oxygens (including phenoxy) is 1. The lowest BCUT2D eigenvalue weighted by molar-refractivity contribution is 0.102. The molecule has 4 aromatic rings. The number of rotatable bonds is 8. The molecule has 0 aliphatic heterocycles. The zero-order valence-corrected chi connectivity index (χ0v) is 18.6. The molecular weight excluding hydrogens is 414 g/mol. The van der Waals surface area contributed by atoms with Crippen LogP contribution >= 0.6 is 23.1 Å². The number of carbonyl (C=O) groups excluding carboxylic acids is 1. The van der Waals surface area contributed by atoms with Gasteiger partial charge in [0, 0.05) is 58.8 Å². The van der Waals surface area contributed by atoms with Crippen LogP contribution in [0, 0.1) is 6.92 Å². The van der Waals surface area contributed by atoms with Gasteiger partial charge in [-0.05, 0) is 48.9 Å². The van der Waals surface area contributed by atoms with E-state index in [4.69, 9.17) is 4.74 Å². The van der Waals surface area contributed by atoms with E-state index in [2.05, 4.69) is 26.3 Å². The first-order valence-electron chi connectivity index (χ1n) is 9.65. The summed E-state index contributed by atoms with van der Waals surface area (Å²) in [5.41, 5.74) is 4.78. The number of thioether (sulfide) groups is 1. The number of nitrogens with one attached hydrogen (secondary N) is 1. The van der Waals surface area contributed by atoms with Crippen molar-refractivity contribution in [2.75, 3.05) is 19.0 Å². The number of aromatic nitrogens is 2. The number of amides is 1. The van der Waals surface area contributed by atoms with Crippen molar-refractivity contribution in [3.8, 4) is 0 Å². The van der Waals surface area contributed by atoms with Gasteiger partial charge in [0.05, 0.1) is 6.61 Å². The number of anilines is 1. The van der Waals surface area contributed by atoms with Gasteiger partial charge < -0.3 is 14.6 Å². The van der Waals surface area contributed by atoms with E-state index < -0.39 is 0 Å². The maximum atomic E-state index is 12.6. The van der Waals surface area contributed by atoms with Gasteiger partial charge >= 0.3 is 0 Å². The number of carbonyl (C=O) groups is 1. The highest BCUT2D eigenvalue weighted by molar-refractivity contribution is 8.00. The van der Waals surface area contributed by atoms with Gasteiger partial charge in [0.15, 0.2) is 0 Å². The highest BCUT2D eigenvalue weighted by Gasteiger charge is 2.09. The fourth-order valence-electron chi connectivity index (χ4n) is 3.16. The molecular formula is C23H23N3O2S2. The Bertz CT molecular complexity index is 1150. The van der Waals surface area contributed by atoms with E-state index in [0.717, 1.165) is 38.9 Å². The predicted molar refractivity (Wildman–Crippen MR) is 125 cm³/mol. The summed E-state index contributed by atoms with van der Waals surface area (Å²) >= 11 is 3.38. The Hall–Kier alpha value is -2.61. The van der Waals surface area contributed by atoms with Gasteiger partial charge in [-0.25, -0.2) is 4.98 Å². The van der Waals surface area contributed by atoms with Crippen LogP contribution in [-0.4, -0.2) is 29.2 Å². The van der Waals surface area contributed by atoms with E-state index >= 15 is 0 Å². The first-order valence-corrected chi connectivity index (χ1v) is 11.5. The lowest BCUT2D eigenvalue weighted by Gasteiger charge is -2.08. The first kappa shape index (κ1) is 20.7. The minimum atomic E-state index is -0.108. The van der Waals surface area contributed by atoms with Crippen LogP contribution in [-0.2, 0) is 17.0 Å². The highest BCUT2D eigenvalue weighted by atomic mass is 32.2. The zero-order valence-electron chi connectivity index (χ0n) is 16.9. The van der Waals surface area contributed by atoms with Crippen LogP contribution in [0.2, 0.25) is 0 Å². The number of fused-ring (bicyclic) bond motifs is 1. The zero-order chi connectivity index (χ0) is 20.9. The monoisotopic (exact) mass is 437 g/mol. The van der Waals surface area contributed by atoms with Crippen molar-refractivity contribution in [1.29, 1.82) is 0 Å². The topological polar surface area (TPSA) is 56.1 Å². The van der Waals surface area contributed by atoms with E-state index in [0.29, 0.717) is 12.2 Å². The molecule has 0 atom stereocenters. The number of methoxy groups -OCH3 is 1. The average Bonchev–Trinajstić information content (AvgIpc) is 3.36. The van der Waals surface area contributed by atoms with Crippen molar-refractivity contribution >= 4 is 45.6 Å². The molecule has 154 valence electrons. The second kappa shape index (κ2) is 9.47. The van der Waals surface area contributed by atoms with E-state index in [-0.39, 0.29) is 5.91 Å². The average molecular weight is 438 g/mol. The van der Waals surface area contributed by atoms with Crippen LogP contribution in [0.25, 0.3) is 10.9 Å². The van der Waals surface area contributed by atoms with Gasteiger partial charge in [-0.15, -0.1) is 11.3 Å². The number of hydrogen-bond acceptors (Lipinski definition) is 5. The molecule has 5 nitrogen and oxygen atoms in total. The molecule has 1 amide bonds. The molecule has 30 heavy (non-hydrogen) atoms. The Morgan fingerprint density at radius 3 is 2.77 bits per heavy atom. The molecule has 0 saturated carbocycles. The van der Waals surface area contributed by atoms with Crippen LogP contribution in [0.5, 0.6) is 0 Å². The van der Waals surface area contributed by atoms with E-state index in [1.54, 1.807) is 30.2 Å². The maximum absolute atomic E-state index is 12.6. The molecule has 0 aliphatic rings. The van der Waals surface area contributed by atoms with E-state index in [1.807, 2.05) is 55.6 Å². The van der Waals surface area contributed by atoms with E-state index in [1.165, 1.54) is 5.56 Å². The Morgan fingerprint density at radius 2 is 2.03 bits per heavy atom. The molecule has 0 saturated heterocycles. The number of thiazole rings is 1. The van der Waals surface area contributed by atoms with Gasteiger partial charge in [0.2, 0.25) is 0 Å². The largest absolute Gasteiger partial charge is 0.383 e. The third-order valence-electron chi connectivity index (χ3n) is 4.74. The quantitative estimate of drug-likeness (QED) is 0.365. The van der Waals surface area contributed by atoms with Gasteiger partial charge in [-0.1, -0.05) is 23.9 Å². The fraction of sp³-hybridized carbons (Fsp3) is 0.217. The lowest BCUT2D eigenvalue weighted by atomic mass is 10.1. The van der Waals surface area contributed by atoms with E-state index in [9.17, 15) is 4.79 Å². The molecule has 0 bridgehead atoms. The Kier molecular flexibility index (Phi) is 6.52. The molecule has 0 aliphatic carbocycles. The normalized spacial score (nSPS) is 11.1. The van der Waals surface area contributed by atoms with Crippen molar-refractivity contribution in [1.82, 2.24) is 9.55 Å². The van der Waals surface area contributed by atoms with Gasteiger partial charge in [-0.3, -0.25) is 4.79 Å². The minimum Gasteiger partial charge on any atom is -0.383 e. The maximum Gasteiger partial charge on any atom is 0.255 e. The summed E-state index contributed by atoms with van der Waals surface area (Å²) in [7, 11) is 1.70. The molecule has 0 radical (unpaired) electrons. The molecule has 2 heterocycles. The Labute approximate surface area is 184 Å². The number of nitrogens with zero attached hydrogens (tertiary/aromatic N) is 2. The molecule has 0 fully saturated rings. The summed E-state index contributed by atoms with van der Waals surface area (Å²) in [6.45, 7) is 3.47. The van der Waals surface area contributed by atoms with Crippen molar-refractivity contribution in [3.05, 3.63) is 76.9 Å². The summed E-state index contributed by atoms with van der Waals surface area (Å²) in [4.78, 5) is 17.1. The molecule has 2 aromatic carbocycles. The SMILES string of the molecule is COCCn1ccc2cc(NC(=O)c3ccc(CSc4nc(C)cs4)cc3)ccc21. The van der Waals surface area contributed by atoms with Gasteiger partial charge in [-0.2, -0.15) is 0 Å². The summed E-state index contributed by atoms with van der Waals surface area (Å²) < 4.78 is 8.37. The van der Waals surface area contributed by atoms with Crippen LogP contribution in [0.1, 0.15) is 21.6 Å². The van der Waals surface area contributed by atoms with Crippen LogP contribution in [0.4, 0.5) is 5.69 Å².